The molecule has 1 aromatic carbocycles. The van der Waals surface area contributed by atoms with E-state index in [0.29, 0.717) is 5.92 Å². The van der Waals surface area contributed by atoms with Crippen LogP contribution < -0.4 is 14.8 Å². The molecule has 1 N–H and O–H groups in total. The van der Waals surface area contributed by atoms with E-state index in [-0.39, 0.29) is 0 Å². The normalized spacial score (nSPS) is 16.4. The van der Waals surface area contributed by atoms with E-state index in [9.17, 15) is 0 Å². The number of nitrogens with one attached hydrogen (secondary N) is 1. The molecule has 1 saturated heterocycles. The number of rotatable bonds is 4. The Kier molecular flexibility index (Phi) is 5.11. The molecule has 0 aromatic heterocycles. The Morgan fingerprint density at radius 3 is 2.47 bits per heavy atom. The Morgan fingerprint density at radius 1 is 1.26 bits per heavy atom. The zero-order valence-electron chi connectivity index (χ0n) is 11.9. The highest BCUT2D eigenvalue weighted by Gasteiger charge is 2.24. The molecular weight excluding hydrogens is 306 g/mol. The molecule has 2 rings (SSSR count). The quantitative estimate of drug-likeness (QED) is 0.918. The Hall–Kier alpha value is -0.740. The molecule has 4 heteroatoms. The van der Waals surface area contributed by atoms with Crippen molar-refractivity contribution in [3.63, 3.8) is 0 Å². The van der Waals surface area contributed by atoms with Gasteiger partial charge in [0.05, 0.1) is 14.2 Å². The van der Waals surface area contributed by atoms with Crippen molar-refractivity contribution in [2.75, 3.05) is 27.3 Å². The molecule has 0 unspecified atom stereocenters. The fourth-order valence-corrected chi connectivity index (χ4v) is 3.72. The maximum absolute atomic E-state index is 5.58. The van der Waals surface area contributed by atoms with Crippen LogP contribution in [0.4, 0.5) is 0 Å². The second kappa shape index (κ2) is 6.62. The number of hydrogen-bond acceptors (Lipinski definition) is 3. The van der Waals surface area contributed by atoms with Gasteiger partial charge in [-0.2, -0.15) is 0 Å². The van der Waals surface area contributed by atoms with E-state index < -0.39 is 0 Å². The van der Waals surface area contributed by atoms with Crippen LogP contribution >= 0.6 is 15.9 Å². The molecule has 106 valence electrons. The standard InChI is InChI=1S/C15H22BrNO2/c1-4-11-14(10-5-7-17-8-6-10)12(16)9-13(18-2)15(11)19-3/h9-10,17H,4-8H2,1-3H3. The highest BCUT2D eigenvalue weighted by atomic mass is 79.9. The summed E-state index contributed by atoms with van der Waals surface area (Å²) >= 11 is 3.72. The monoisotopic (exact) mass is 327 g/mol. The largest absolute Gasteiger partial charge is 0.493 e. The highest BCUT2D eigenvalue weighted by molar-refractivity contribution is 9.10. The minimum Gasteiger partial charge on any atom is -0.493 e. The van der Waals surface area contributed by atoms with E-state index in [1.165, 1.54) is 24.0 Å². The molecule has 0 spiro atoms. The first-order valence-electron chi connectivity index (χ1n) is 6.86. The summed E-state index contributed by atoms with van der Waals surface area (Å²) in [6.07, 6.45) is 3.32. The predicted octanol–water partition coefficient (Wildman–Crippen LogP) is 3.50. The van der Waals surface area contributed by atoms with Gasteiger partial charge < -0.3 is 14.8 Å². The van der Waals surface area contributed by atoms with Crippen LogP contribution in [0.1, 0.15) is 36.8 Å². The SMILES string of the molecule is CCc1c(OC)c(OC)cc(Br)c1C1CCNCC1. The molecule has 0 radical (unpaired) electrons. The van der Waals surface area contributed by atoms with Crippen molar-refractivity contribution in [3.05, 3.63) is 21.7 Å². The average molecular weight is 328 g/mol. The van der Waals surface area contributed by atoms with E-state index in [2.05, 4.69) is 28.2 Å². The van der Waals surface area contributed by atoms with Gasteiger partial charge in [0.25, 0.3) is 0 Å². The van der Waals surface area contributed by atoms with Crippen molar-refractivity contribution in [2.45, 2.75) is 32.1 Å². The lowest BCUT2D eigenvalue weighted by molar-refractivity contribution is 0.349. The topological polar surface area (TPSA) is 30.5 Å². The number of methoxy groups -OCH3 is 2. The number of ether oxygens (including phenoxy) is 2. The predicted molar refractivity (Wildman–Crippen MR) is 81.5 cm³/mol. The van der Waals surface area contributed by atoms with Gasteiger partial charge in [0.1, 0.15) is 0 Å². The zero-order chi connectivity index (χ0) is 13.8. The van der Waals surface area contributed by atoms with Crippen LogP contribution in [0.3, 0.4) is 0 Å². The number of piperidine rings is 1. The van der Waals surface area contributed by atoms with Gasteiger partial charge in [0.15, 0.2) is 11.5 Å². The first-order valence-corrected chi connectivity index (χ1v) is 7.66. The van der Waals surface area contributed by atoms with E-state index in [1.807, 2.05) is 6.07 Å². The third-order valence-electron chi connectivity index (χ3n) is 3.86. The summed E-state index contributed by atoms with van der Waals surface area (Å²) in [5.74, 6) is 2.30. The molecule has 0 atom stereocenters. The van der Waals surface area contributed by atoms with Crippen molar-refractivity contribution in [1.29, 1.82) is 0 Å². The molecule has 1 aliphatic rings. The van der Waals surface area contributed by atoms with Crippen molar-refractivity contribution >= 4 is 15.9 Å². The van der Waals surface area contributed by atoms with Crippen molar-refractivity contribution in [3.8, 4) is 11.5 Å². The van der Waals surface area contributed by atoms with E-state index >= 15 is 0 Å². The van der Waals surface area contributed by atoms with Gasteiger partial charge in [-0.05, 0) is 49.9 Å². The van der Waals surface area contributed by atoms with Gasteiger partial charge in [-0.15, -0.1) is 0 Å². The van der Waals surface area contributed by atoms with Crippen LogP contribution in [0.2, 0.25) is 0 Å². The molecule has 0 bridgehead atoms. The first-order chi connectivity index (χ1) is 9.22. The van der Waals surface area contributed by atoms with Crippen molar-refractivity contribution in [1.82, 2.24) is 5.32 Å². The highest BCUT2D eigenvalue weighted by Crippen LogP contribution is 2.43. The van der Waals surface area contributed by atoms with Crippen molar-refractivity contribution < 1.29 is 9.47 Å². The number of benzene rings is 1. The summed E-state index contributed by atoms with van der Waals surface area (Å²) in [5, 5.41) is 3.42. The fraction of sp³-hybridized carbons (Fsp3) is 0.600. The Labute approximate surface area is 123 Å². The number of hydrogen-bond donors (Lipinski definition) is 1. The Morgan fingerprint density at radius 2 is 1.95 bits per heavy atom. The smallest absolute Gasteiger partial charge is 0.164 e. The first kappa shape index (κ1) is 14.7. The number of halogens is 1. The molecule has 1 aromatic rings. The zero-order valence-corrected chi connectivity index (χ0v) is 13.5. The van der Waals surface area contributed by atoms with Gasteiger partial charge >= 0.3 is 0 Å². The lowest BCUT2D eigenvalue weighted by Crippen LogP contribution is -2.27. The van der Waals surface area contributed by atoms with Gasteiger partial charge in [-0.25, -0.2) is 0 Å². The fourth-order valence-electron chi connectivity index (χ4n) is 2.95. The molecule has 19 heavy (non-hydrogen) atoms. The minimum absolute atomic E-state index is 0.602. The van der Waals surface area contributed by atoms with Crippen LogP contribution in [-0.2, 0) is 6.42 Å². The second-order valence-corrected chi connectivity index (χ2v) is 5.72. The van der Waals surface area contributed by atoms with E-state index in [4.69, 9.17) is 9.47 Å². The lowest BCUT2D eigenvalue weighted by Gasteiger charge is -2.27. The van der Waals surface area contributed by atoms with Crippen LogP contribution in [0.5, 0.6) is 11.5 Å². The second-order valence-electron chi connectivity index (χ2n) is 4.86. The van der Waals surface area contributed by atoms with Crippen LogP contribution in [0.15, 0.2) is 10.5 Å². The molecule has 1 heterocycles. The maximum atomic E-state index is 5.58. The third kappa shape index (κ3) is 2.90. The van der Waals surface area contributed by atoms with Crippen LogP contribution in [0, 0.1) is 0 Å². The van der Waals surface area contributed by atoms with Crippen molar-refractivity contribution in [2.24, 2.45) is 0 Å². The molecule has 1 aliphatic heterocycles. The van der Waals surface area contributed by atoms with Gasteiger partial charge in [0.2, 0.25) is 0 Å². The van der Waals surface area contributed by atoms with Gasteiger partial charge in [-0.1, -0.05) is 22.9 Å². The molecule has 1 fully saturated rings. The Bertz CT molecular complexity index is 442. The van der Waals surface area contributed by atoms with E-state index in [1.54, 1.807) is 14.2 Å². The molecule has 0 aliphatic carbocycles. The molecule has 3 nitrogen and oxygen atoms in total. The third-order valence-corrected chi connectivity index (χ3v) is 4.52. The minimum atomic E-state index is 0.602. The summed E-state index contributed by atoms with van der Waals surface area (Å²) in [5.41, 5.74) is 2.68. The average Bonchev–Trinajstić information content (AvgIpc) is 2.46. The summed E-state index contributed by atoms with van der Waals surface area (Å²) in [6.45, 7) is 4.36. The van der Waals surface area contributed by atoms with E-state index in [0.717, 1.165) is 35.5 Å². The van der Waals surface area contributed by atoms with Gasteiger partial charge in [0, 0.05) is 10.0 Å². The molecule has 0 saturated carbocycles. The summed E-state index contributed by atoms with van der Waals surface area (Å²) in [6, 6.07) is 2.04. The summed E-state index contributed by atoms with van der Waals surface area (Å²) in [4.78, 5) is 0. The summed E-state index contributed by atoms with van der Waals surface area (Å²) < 4.78 is 12.2. The van der Waals surface area contributed by atoms with Gasteiger partial charge in [-0.3, -0.25) is 0 Å². The Balaban J connectivity index is 2.51. The van der Waals surface area contributed by atoms with Crippen LogP contribution in [-0.4, -0.2) is 27.3 Å². The summed E-state index contributed by atoms with van der Waals surface area (Å²) in [7, 11) is 3.41. The molecular formula is C15H22BrNO2. The maximum Gasteiger partial charge on any atom is 0.164 e. The van der Waals surface area contributed by atoms with Crippen LogP contribution in [0.25, 0.3) is 0 Å². The molecule has 0 amide bonds. The lowest BCUT2D eigenvalue weighted by atomic mass is 9.86.